The fourth-order valence-corrected chi connectivity index (χ4v) is 3.75. The number of hydrogen-bond acceptors (Lipinski definition) is 4. The van der Waals surface area contributed by atoms with Gasteiger partial charge in [0.05, 0.1) is 10.2 Å². The Labute approximate surface area is 162 Å². The van der Waals surface area contributed by atoms with Crippen molar-refractivity contribution in [1.82, 2.24) is 10.3 Å². The zero-order valence-corrected chi connectivity index (χ0v) is 16.5. The van der Waals surface area contributed by atoms with Gasteiger partial charge in [-0.15, -0.1) is 0 Å². The topological polar surface area (TPSA) is 71.1 Å². The molecule has 2 aromatic carbocycles. The number of nitrogens with zero attached hydrogens (tertiary/aromatic N) is 1. The second-order valence-electron chi connectivity index (χ2n) is 6.95. The number of fused-ring (bicyclic) bond motifs is 1. The van der Waals surface area contributed by atoms with Gasteiger partial charge in [0, 0.05) is 5.56 Å². The van der Waals surface area contributed by atoms with Gasteiger partial charge in [0.1, 0.15) is 6.04 Å². The predicted molar refractivity (Wildman–Crippen MR) is 110 cm³/mol. The van der Waals surface area contributed by atoms with Crippen LogP contribution in [0.5, 0.6) is 0 Å². The van der Waals surface area contributed by atoms with Gasteiger partial charge >= 0.3 is 0 Å². The Balaban J connectivity index is 1.76. The third-order valence-corrected chi connectivity index (χ3v) is 5.19. The van der Waals surface area contributed by atoms with Crippen molar-refractivity contribution in [2.24, 2.45) is 5.92 Å². The fraction of sp³-hybridized carbons (Fsp3) is 0.286. The molecule has 0 saturated carbocycles. The molecule has 1 aromatic heterocycles. The number of aromatic nitrogens is 1. The van der Waals surface area contributed by atoms with Crippen molar-refractivity contribution in [2.75, 3.05) is 5.32 Å². The van der Waals surface area contributed by atoms with Crippen LogP contribution in [0.2, 0.25) is 0 Å². The van der Waals surface area contributed by atoms with E-state index < -0.39 is 6.04 Å². The van der Waals surface area contributed by atoms with Crippen LogP contribution >= 0.6 is 11.3 Å². The van der Waals surface area contributed by atoms with E-state index in [-0.39, 0.29) is 17.7 Å². The van der Waals surface area contributed by atoms with Crippen LogP contribution in [0.4, 0.5) is 5.13 Å². The third kappa shape index (κ3) is 4.71. The highest BCUT2D eigenvalue weighted by atomic mass is 32.1. The Hall–Kier alpha value is -2.73. The van der Waals surface area contributed by atoms with Crippen LogP contribution in [0.1, 0.15) is 36.2 Å². The molecule has 0 spiro atoms. The SMILES string of the molecule is Cc1ccccc1C(=O)N[C@@H](CC(C)C)C(=O)Nc1nc2ccccc2s1. The molecule has 0 radical (unpaired) electrons. The molecule has 6 heteroatoms. The van der Waals surface area contributed by atoms with Gasteiger partial charge in [-0.1, -0.05) is 55.5 Å². The lowest BCUT2D eigenvalue weighted by molar-refractivity contribution is -0.118. The van der Waals surface area contributed by atoms with Gasteiger partial charge in [0.2, 0.25) is 5.91 Å². The molecule has 0 saturated heterocycles. The molecule has 1 atom stereocenters. The molecule has 0 aliphatic heterocycles. The first-order chi connectivity index (χ1) is 12.9. The van der Waals surface area contributed by atoms with Gasteiger partial charge in [-0.05, 0) is 43.0 Å². The van der Waals surface area contributed by atoms with Gasteiger partial charge in [-0.2, -0.15) is 0 Å². The average molecular weight is 382 g/mol. The number of aryl methyl sites for hydroxylation is 1. The summed E-state index contributed by atoms with van der Waals surface area (Å²) in [5.74, 6) is -0.226. The van der Waals surface area contributed by atoms with E-state index in [2.05, 4.69) is 15.6 Å². The van der Waals surface area contributed by atoms with E-state index in [0.717, 1.165) is 15.8 Å². The van der Waals surface area contributed by atoms with Crippen LogP contribution < -0.4 is 10.6 Å². The minimum Gasteiger partial charge on any atom is -0.340 e. The second-order valence-corrected chi connectivity index (χ2v) is 7.98. The Kier molecular flexibility index (Phi) is 5.86. The predicted octanol–water partition coefficient (Wildman–Crippen LogP) is 4.39. The molecule has 0 bridgehead atoms. The summed E-state index contributed by atoms with van der Waals surface area (Å²) < 4.78 is 1.01. The van der Waals surface area contributed by atoms with Crippen molar-refractivity contribution in [3.8, 4) is 0 Å². The molecule has 0 aliphatic rings. The van der Waals surface area contributed by atoms with Crippen molar-refractivity contribution < 1.29 is 9.59 Å². The zero-order valence-electron chi connectivity index (χ0n) is 15.7. The molecule has 2 N–H and O–H groups in total. The van der Waals surface area contributed by atoms with E-state index >= 15 is 0 Å². The van der Waals surface area contributed by atoms with Crippen molar-refractivity contribution in [1.29, 1.82) is 0 Å². The van der Waals surface area contributed by atoms with E-state index in [1.807, 2.05) is 63.2 Å². The number of rotatable bonds is 6. The molecular formula is C21H23N3O2S. The van der Waals surface area contributed by atoms with Crippen molar-refractivity contribution in [2.45, 2.75) is 33.2 Å². The molecular weight excluding hydrogens is 358 g/mol. The molecule has 140 valence electrons. The minimum atomic E-state index is -0.621. The summed E-state index contributed by atoms with van der Waals surface area (Å²) in [4.78, 5) is 29.9. The maximum absolute atomic E-state index is 12.8. The first-order valence-corrected chi connectivity index (χ1v) is 9.78. The number of thiazole rings is 1. The molecule has 0 fully saturated rings. The number of carbonyl (C=O) groups excluding carboxylic acids is 2. The quantitative estimate of drug-likeness (QED) is 0.665. The van der Waals surface area contributed by atoms with Crippen molar-refractivity contribution >= 4 is 38.5 Å². The maximum Gasteiger partial charge on any atom is 0.252 e. The Morgan fingerprint density at radius 3 is 2.48 bits per heavy atom. The van der Waals surface area contributed by atoms with Crippen LogP contribution in [-0.2, 0) is 4.79 Å². The lowest BCUT2D eigenvalue weighted by Gasteiger charge is -2.20. The molecule has 0 unspecified atom stereocenters. The van der Waals surface area contributed by atoms with Crippen LogP contribution in [-0.4, -0.2) is 22.8 Å². The Morgan fingerprint density at radius 1 is 1.07 bits per heavy atom. The van der Waals surface area contributed by atoms with Crippen molar-refractivity contribution in [3.63, 3.8) is 0 Å². The van der Waals surface area contributed by atoms with Gasteiger partial charge in [0.25, 0.3) is 5.91 Å². The highest BCUT2D eigenvalue weighted by Crippen LogP contribution is 2.25. The molecule has 5 nitrogen and oxygen atoms in total. The van der Waals surface area contributed by atoms with E-state index in [1.165, 1.54) is 11.3 Å². The van der Waals surface area contributed by atoms with Gasteiger partial charge in [0.15, 0.2) is 5.13 Å². The first-order valence-electron chi connectivity index (χ1n) is 8.97. The molecule has 2 amide bonds. The number of anilines is 1. The summed E-state index contributed by atoms with van der Waals surface area (Å²) in [6.07, 6.45) is 0.550. The average Bonchev–Trinajstić information content (AvgIpc) is 3.03. The third-order valence-electron chi connectivity index (χ3n) is 4.24. The summed E-state index contributed by atoms with van der Waals surface area (Å²) in [6.45, 7) is 5.93. The summed E-state index contributed by atoms with van der Waals surface area (Å²) >= 11 is 1.42. The molecule has 1 heterocycles. The number of nitrogens with one attached hydrogen (secondary N) is 2. The standard InChI is InChI=1S/C21H23N3O2S/c1-13(2)12-17(22-19(25)15-9-5-4-8-14(15)3)20(26)24-21-23-16-10-6-7-11-18(16)27-21/h4-11,13,17H,12H2,1-3H3,(H,22,25)(H,23,24,26)/t17-/m0/s1. The largest absolute Gasteiger partial charge is 0.340 e. The summed E-state index contributed by atoms with van der Waals surface area (Å²) in [6, 6.07) is 14.5. The summed E-state index contributed by atoms with van der Waals surface area (Å²) in [5.41, 5.74) is 2.31. The van der Waals surface area contributed by atoms with Crippen LogP contribution in [0.3, 0.4) is 0 Å². The van der Waals surface area contributed by atoms with Crippen LogP contribution in [0.25, 0.3) is 10.2 Å². The first kappa shape index (κ1) is 19.0. The fourth-order valence-electron chi connectivity index (χ4n) is 2.88. The minimum absolute atomic E-state index is 0.238. The Morgan fingerprint density at radius 2 is 1.78 bits per heavy atom. The zero-order chi connectivity index (χ0) is 19.4. The highest BCUT2D eigenvalue weighted by molar-refractivity contribution is 7.22. The number of carbonyl (C=O) groups is 2. The lowest BCUT2D eigenvalue weighted by atomic mass is 10.0. The van der Waals surface area contributed by atoms with Gasteiger partial charge < -0.3 is 10.6 Å². The van der Waals surface area contributed by atoms with E-state index in [4.69, 9.17) is 0 Å². The smallest absolute Gasteiger partial charge is 0.252 e. The number of amides is 2. The molecule has 3 aromatic rings. The van der Waals surface area contributed by atoms with Crippen LogP contribution in [0.15, 0.2) is 48.5 Å². The molecule has 27 heavy (non-hydrogen) atoms. The second kappa shape index (κ2) is 8.31. The number of para-hydroxylation sites is 1. The normalized spacial score (nSPS) is 12.1. The van der Waals surface area contributed by atoms with Gasteiger partial charge in [-0.3, -0.25) is 9.59 Å². The van der Waals surface area contributed by atoms with Gasteiger partial charge in [-0.25, -0.2) is 4.98 Å². The molecule has 3 rings (SSSR count). The van der Waals surface area contributed by atoms with E-state index in [0.29, 0.717) is 17.1 Å². The summed E-state index contributed by atoms with van der Waals surface area (Å²) in [7, 11) is 0. The number of benzene rings is 2. The van der Waals surface area contributed by atoms with E-state index in [9.17, 15) is 9.59 Å². The van der Waals surface area contributed by atoms with E-state index in [1.54, 1.807) is 6.07 Å². The monoisotopic (exact) mass is 381 g/mol. The number of hydrogen-bond donors (Lipinski definition) is 2. The van der Waals surface area contributed by atoms with Crippen LogP contribution in [0, 0.1) is 12.8 Å². The lowest BCUT2D eigenvalue weighted by Crippen LogP contribution is -2.44. The maximum atomic E-state index is 12.8. The molecule has 0 aliphatic carbocycles. The Bertz CT molecular complexity index is 932. The van der Waals surface area contributed by atoms with Crippen molar-refractivity contribution in [3.05, 3.63) is 59.7 Å². The summed E-state index contributed by atoms with van der Waals surface area (Å²) in [5, 5.41) is 6.29. The highest BCUT2D eigenvalue weighted by Gasteiger charge is 2.24.